The number of aromatic amines is 1. The summed E-state index contributed by atoms with van der Waals surface area (Å²) in [5.74, 6) is -1.72. The van der Waals surface area contributed by atoms with Crippen molar-refractivity contribution in [3.05, 3.63) is 41.7 Å². The Labute approximate surface area is 196 Å². The Morgan fingerprint density at radius 1 is 1.26 bits per heavy atom. The molecule has 1 atom stereocenters. The van der Waals surface area contributed by atoms with Gasteiger partial charge < -0.3 is 30.6 Å². The second-order valence-corrected chi connectivity index (χ2v) is 6.82. The van der Waals surface area contributed by atoms with Gasteiger partial charge in [0.2, 0.25) is 5.91 Å². The molecule has 1 unspecified atom stereocenters. The number of nitrogens with one attached hydrogen (secondary N) is 4. The van der Waals surface area contributed by atoms with Crippen LogP contribution < -0.4 is 10.6 Å². The van der Waals surface area contributed by atoms with Crippen LogP contribution in [0, 0.1) is 19.3 Å². The van der Waals surface area contributed by atoms with Crippen LogP contribution in [0.1, 0.15) is 57.4 Å². The van der Waals surface area contributed by atoms with E-state index in [1.54, 1.807) is 19.9 Å². The third kappa shape index (κ3) is 15.3. The molecule has 1 rings (SSSR count). The van der Waals surface area contributed by atoms with Crippen LogP contribution in [0.3, 0.4) is 0 Å². The Balaban J connectivity index is -0.000000579. The van der Waals surface area contributed by atoms with Crippen molar-refractivity contribution in [3.63, 3.8) is 0 Å². The average molecular weight is 719 g/mol. The SMILES string of the molecule is C=C/C=C\c1c(C)c[nH]c1C.CC.CC(C)OC(=O)C(CCC(=O)C=N)NC(=O)CN[C-]=O.[Fm]. The zero-order chi connectivity index (χ0) is 25.8. The van der Waals surface area contributed by atoms with Crippen LogP contribution in [0.2, 0.25) is 0 Å². The second kappa shape index (κ2) is 20.4. The van der Waals surface area contributed by atoms with Crippen LogP contribution in [0.5, 0.6) is 0 Å². The monoisotopic (exact) mass is 718 g/mol. The van der Waals surface area contributed by atoms with Crippen molar-refractivity contribution in [1.29, 1.82) is 5.41 Å². The standard InChI is InChI=1S/C12H18N3O5.C10H13N.C2H6.Fm/c1-8(2)20-12(19)10(4-3-9(17)5-13)15-11(18)6-14-7-16;1-4-5-6-10-8(2)7-11-9(10)3;1-2;/h5,8,10,13H,3-4,6H2,1-2H3,(H,14,16)(H,15,18);4-7,11H,1H2,2-3H3;1-2H3;/q-1;;;/b;6-5-;;. The number of amides is 2. The number of ketones is 1. The number of hydrogen-bond donors (Lipinski definition) is 4. The number of Topliss-reactive ketones (excluding diaryl/α,β-unsaturated/α-hetero) is 1. The molecule has 0 radical (unpaired) electrons. The summed E-state index contributed by atoms with van der Waals surface area (Å²) in [5.41, 5.74) is 3.76. The van der Waals surface area contributed by atoms with Crippen molar-refractivity contribution in [2.75, 3.05) is 6.54 Å². The van der Waals surface area contributed by atoms with Crippen molar-refractivity contribution >= 4 is 36.4 Å². The molecule has 4 N–H and O–H groups in total. The quantitative estimate of drug-likeness (QED) is 0.0866. The zero-order valence-electron chi connectivity index (χ0n) is 20.7. The predicted octanol–water partition coefficient (Wildman–Crippen LogP) is 2.94. The molecular formula is C24H37FmN4O5-. The molecule has 196 valence electrons. The first-order valence-corrected chi connectivity index (χ1v) is 10.7. The molecule has 34 heavy (non-hydrogen) atoms. The van der Waals surface area contributed by atoms with Gasteiger partial charge in [-0.3, -0.25) is 9.59 Å². The average Bonchev–Trinajstić information content (AvgIpc) is 3.11. The van der Waals surface area contributed by atoms with Gasteiger partial charge in [-0.05, 0) is 45.2 Å². The smallest absolute Gasteiger partial charge is 0.328 e. The van der Waals surface area contributed by atoms with Gasteiger partial charge in [0.15, 0.2) is 5.78 Å². The topological polar surface area (TPSA) is 141 Å². The predicted molar refractivity (Wildman–Crippen MR) is 131 cm³/mol. The van der Waals surface area contributed by atoms with Crippen molar-refractivity contribution in [2.24, 2.45) is 0 Å². The van der Waals surface area contributed by atoms with Gasteiger partial charge in [-0.25, -0.2) is 4.79 Å². The Morgan fingerprint density at radius 3 is 2.32 bits per heavy atom. The maximum absolute atomic E-state index is 11.8. The molecule has 0 spiro atoms. The molecular weight excluding hydrogens is 681 g/mol. The molecule has 0 aliphatic carbocycles. The first-order valence-electron chi connectivity index (χ1n) is 10.7. The van der Waals surface area contributed by atoms with Crippen molar-refractivity contribution in [3.8, 4) is 0 Å². The summed E-state index contributed by atoms with van der Waals surface area (Å²) in [7, 11) is 0. The molecule has 1 heterocycles. The van der Waals surface area contributed by atoms with Crippen LogP contribution in [-0.2, 0) is 23.9 Å². The molecule has 0 aliphatic rings. The van der Waals surface area contributed by atoms with E-state index in [2.05, 4.69) is 36.8 Å². The number of ether oxygens (including phenoxy) is 1. The number of allylic oxidation sites excluding steroid dienone is 2. The summed E-state index contributed by atoms with van der Waals surface area (Å²) in [6.45, 7) is 14.8. The third-order valence-corrected chi connectivity index (χ3v) is 3.87. The van der Waals surface area contributed by atoms with E-state index in [-0.39, 0.29) is 25.5 Å². The van der Waals surface area contributed by atoms with Gasteiger partial charge in [-0.15, -0.1) is 0 Å². The number of aryl methyl sites for hydroxylation is 2. The van der Waals surface area contributed by atoms with Gasteiger partial charge in [-0.1, -0.05) is 38.7 Å². The van der Waals surface area contributed by atoms with E-state index < -0.39 is 23.7 Å². The number of carbonyl (C=O) groups is 3. The van der Waals surface area contributed by atoms with Crippen LogP contribution in [0.25, 0.3) is 6.08 Å². The summed E-state index contributed by atoms with van der Waals surface area (Å²) in [6, 6.07) is -0.998. The number of H-pyrrole nitrogens is 1. The number of aromatic nitrogens is 1. The summed E-state index contributed by atoms with van der Waals surface area (Å²) in [6.07, 6.45) is 9.39. The first kappa shape index (κ1) is 34.1. The number of hydrogen-bond acceptors (Lipinski definition) is 6. The third-order valence-electron chi connectivity index (χ3n) is 3.87. The van der Waals surface area contributed by atoms with Crippen LogP contribution in [0.4, 0.5) is 0 Å². The van der Waals surface area contributed by atoms with E-state index in [0.717, 1.165) is 0 Å². The summed E-state index contributed by atoms with van der Waals surface area (Å²) < 4.78 is 4.96. The van der Waals surface area contributed by atoms with E-state index in [9.17, 15) is 19.2 Å². The molecule has 0 aromatic carbocycles. The first-order chi connectivity index (χ1) is 15.7. The molecule has 1 aromatic rings. The van der Waals surface area contributed by atoms with E-state index in [1.807, 2.05) is 31.4 Å². The molecule has 2 amide bonds. The van der Waals surface area contributed by atoms with E-state index >= 15 is 0 Å². The minimum atomic E-state index is -0.998. The zero-order valence-corrected chi connectivity index (χ0v) is 23.1. The van der Waals surface area contributed by atoms with Gasteiger partial charge >= 0.3 is 5.97 Å². The van der Waals surface area contributed by atoms with Gasteiger partial charge in [-0.2, -0.15) is 6.41 Å². The summed E-state index contributed by atoms with van der Waals surface area (Å²) in [5, 5.41) is 11.2. The molecule has 10 heteroatoms. The molecule has 0 saturated heterocycles. The number of carbonyl (C=O) groups excluding carboxylic acids is 4. The fraction of sp³-hybridized carbons (Fsp3) is 0.458. The Bertz CT molecular complexity index is 784. The molecule has 1 aromatic heterocycles. The van der Waals surface area contributed by atoms with Gasteiger partial charge in [0.25, 0.3) is 0 Å². The normalized spacial score (nSPS) is 10.3. The van der Waals surface area contributed by atoms with E-state index in [1.165, 1.54) is 23.2 Å². The van der Waals surface area contributed by atoms with Crippen LogP contribution in [-0.4, -0.2) is 54.0 Å². The molecule has 9 nitrogen and oxygen atoms in total. The van der Waals surface area contributed by atoms with Gasteiger partial charge in [0.1, 0.15) is 6.04 Å². The maximum Gasteiger partial charge on any atom is 0.328 e. The Kier molecular flexibility index (Phi) is 20.5. The second-order valence-electron chi connectivity index (χ2n) is 6.82. The van der Waals surface area contributed by atoms with Crippen molar-refractivity contribution < 1.29 is 23.9 Å². The van der Waals surface area contributed by atoms with Gasteiger partial charge in [0.05, 0.1) is 18.9 Å². The minimum Gasteiger partial charge on any atom is -0.522 e. The van der Waals surface area contributed by atoms with Crippen LogP contribution >= 0.6 is 0 Å². The number of rotatable bonds is 12. The molecule has 0 saturated carbocycles. The maximum atomic E-state index is 11.8. The minimum absolute atomic E-state index is 0. The fourth-order valence-corrected chi connectivity index (χ4v) is 2.37. The van der Waals surface area contributed by atoms with E-state index in [0.29, 0.717) is 6.21 Å². The molecule has 0 bridgehead atoms. The largest absolute Gasteiger partial charge is 0.522 e. The Morgan fingerprint density at radius 2 is 1.88 bits per heavy atom. The van der Waals surface area contributed by atoms with Crippen LogP contribution in [0.15, 0.2) is 24.9 Å². The molecule has 0 fully saturated rings. The molecule has 0 aliphatic heterocycles. The van der Waals surface area contributed by atoms with Crippen molar-refractivity contribution in [2.45, 2.75) is 66.5 Å². The summed E-state index contributed by atoms with van der Waals surface area (Å²) >= 11 is 0. The summed E-state index contributed by atoms with van der Waals surface area (Å²) in [4.78, 5) is 47.3. The Hall–Kier alpha value is -4.49. The van der Waals surface area contributed by atoms with Gasteiger partial charge in [0, 0.05) is 18.3 Å². The van der Waals surface area contributed by atoms with Crippen molar-refractivity contribution in [1.82, 2.24) is 15.6 Å². The van der Waals surface area contributed by atoms with E-state index in [4.69, 9.17) is 10.1 Å². The fourth-order valence-electron chi connectivity index (χ4n) is 2.37. The number of esters is 1.